The summed E-state index contributed by atoms with van der Waals surface area (Å²) in [6, 6.07) is 14.0. The van der Waals surface area contributed by atoms with E-state index in [0.717, 1.165) is 6.42 Å². The maximum Gasteiger partial charge on any atom is 0.344 e. The number of hydrogen-bond acceptors (Lipinski definition) is 5. The number of ether oxygens (including phenoxy) is 2. The minimum Gasteiger partial charge on any atom is -0.482 e. The van der Waals surface area contributed by atoms with Gasteiger partial charge in [0.1, 0.15) is 5.75 Å². The SMILES string of the molecule is CCc1ccc(OCC(=O)OC(C)C(=O)Nc2ccc(NC(C)=O)cc2)cc1. The molecular formula is C21H24N2O5. The van der Waals surface area contributed by atoms with Crippen molar-refractivity contribution in [2.24, 2.45) is 0 Å². The van der Waals surface area contributed by atoms with E-state index in [0.29, 0.717) is 17.1 Å². The number of rotatable bonds is 8. The van der Waals surface area contributed by atoms with Crippen LogP contribution in [0.4, 0.5) is 11.4 Å². The van der Waals surface area contributed by atoms with Crippen LogP contribution in [0.1, 0.15) is 26.3 Å². The maximum atomic E-state index is 12.2. The van der Waals surface area contributed by atoms with Crippen molar-refractivity contribution >= 4 is 29.2 Å². The molecule has 1 unspecified atom stereocenters. The van der Waals surface area contributed by atoms with Crippen LogP contribution >= 0.6 is 0 Å². The summed E-state index contributed by atoms with van der Waals surface area (Å²) in [4.78, 5) is 35.0. The van der Waals surface area contributed by atoms with E-state index in [2.05, 4.69) is 17.6 Å². The van der Waals surface area contributed by atoms with Gasteiger partial charge in [-0.3, -0.25) is 9.59 Å². The molecule has 0 aliphatic carbocycles. The Morgan fingerprint density at radius 2 is 1.50 bits per heavy atom. The summed E-state index contributed by atoms with van der Waals surface area (Å²) < 4.78 is 10.5. The van der Waals surface area contributed by atoms with Crippen molar-refractivity contribution < 1.29 is 23.9 Å². The highest BCUT2D eigenvalue weighted by Crippen LogP contribution is 2.15. The highest BCUT2D eigenvalue weighted by atomic mass is 16.6. The first kappa shape index (κ1) is 21.0. The number of amides is 2. The number of anilines is 2. The average Bonchev–Trinajstić information content (AvgIpc) is 2.67. The predicted octanol–water partition coefficient (Wildman–Crippen LogP) is 3.16. The van der Waals surface area contributed by atoms with E-state index in [1.54, 1.807) is 36.4 Å². The van der Waals surface area contributed by atoms with Crippen LogP contribution in [0.5, 0.6) is 5.75 Å². The Morgan fingerprint density at radius 1 is 0.929 bits per heavy atom. The first-order chi connectivity index (χ1) is 13.4. The van der Waals surface area contributed by atoms with Gasteiger partial charge in [-0.1, -0.05) is 19.1 Å². The van der Waals surface area contributed by atoms with E-state index in [1.807, 2.05) is 12.1 Å². The van der Waals surface area contributed by atoms with E-state index in [1.165, 1.54) is 19.4 Å². The average molecular weight is 384 g/mol. The third kappa shape index (κ3) is 6.75. The molecule has 0 fully saturated rings. The molecular weight excluding hydrogens is 360 g/mol. The summed E-state index contributed by atoms with van der Waals surface area (Å²) in [7, 11) is 0. The van der Waals surface area contributed by atoms with Crippen LogP contribution in [-0.4, -0.2) is 30.5 Å². The Bertz CT molecular complexity index is 816. The number of esters is 1. The lowest BCUT2D eigenvalue weighted by Crippen LogP contribution is -2.31. The van der Waals surface area contributed by atoms with Crippen molar-refractivity contribution in [3.05, 3.63) is 54.1 Å². The van der Waals surface area contributed by atoms with Crippen LogP contribution in [0.15, 0.2) is 48.5 Å². The van der Waals surface area contributed by atoms with Crippen molar-refractivity contribution in [2.75, 3.05) is 17.2 Å². The van der Waals surface area contributed by atoms with Crippen LogP contribution < -0.4 is 15.4 Å². The number of carbonyl (C=O) groups is 3. The lowest BCUT2D eigenvalue weighted by atomic mass is 10.2. The van der Waals surface area contributed by atoms with Crippen molar-refractivity contribution in [1.82, 2.24) is 0 Å². The Hall–Kier alpha value is -3.35. The second-order valence-electron chi connectivity index (χ2n) is 6.17. The molecule has 0 aliphatic rings. The molecule has 7 heteroatoms. The van der Waals surface area contributed by atoms with Crippen LogP contribution in [0, 0.1) is 0 Å². The molecule has 0 saturated heterocycles. The summed E-state index contributed by atoms with van der Waals surface area (Å²) in [5, 5.41) is 5.28. The maximum absolute atomic E-state index is 12.2. The molecule has 0 heterocycles. The Morgan fingerprint density at radius 3 is 2.04 bits per heavy atom. The second kappa shape index (κ2) is 10.1. The van der Waals surface area contributed by atoms with Gasteiger partial charge in [-0.15, -0.1) is 0 Å². The lowest BCUT2D eigenvalue weighted by Gasteiger charge is -2.14. The molecule has 7 nitrogen and oxygen atoms in total. The van der Waals surface area contributed by atoms with Gasteiger partial charge < -0.3 is 20.1 Å². The third-order valence-corrected chi connectivity index (χ3v) is 3.84. The molecule has 0 bridgehead atoms. The zero-order valence-electron chi connectivity index (χ0n) is 16.2. The van der Waals surface area contributed by atoms with E-state index in [9.17, 15) is 14.4 Å². The van der Waals surface area contributed by atoms with Gasteiger partial charge in [-0.2, -0.15) is 0 Å². The third-order valence-electron chi connectivity index (χ3n) is 3.84. The van der Waals surface area contributed by atoms with E-state index in [-0.39, 0.29) is 12.5 Å². The summed E-state index contributed by atoms with van der Waals surface area (Å²) in [6.07, 6.45) is -0.0566. The highest BCUT2D eigenvalue weighted by Gasteiger charge is 2.18. The van der Waals surface area contributed by atoms with Crippen LogP contribution in [0.25, 0.3) is 0 Å². The molecule has 2 rings (SSSR count). The molecule has 2 aromatic carbocycles. The van der Waals surface area contributed by atoms with Crippen molar-refractivity contribution in [2.45, 2.75) is 33.3 Å². The zero-order chi connectivity index (χ0) is 20.5. The first-order valence-corrected chi connectivity index (χ1v) is 8.97. The molecule has 0 spiro atoms. The smallest absolute Gasteiger partial charge is 0.344 e. The monoisotopic (exact) mass is 384 g/mol. The Kier molecular flexibility index (Phi) is 7.56. The molecule has 0 saturated carbocycles. The number of benzene rings is 2. The Balaban J connectivity index is 1.78. The van der Waals surface area contributed by atoms with E-state index in [4.69, 9.17) is 9.47 Å². The molecule has 2 amide bonds. The Labute approximate surface area is 164 Å². The topological polar surface area (TPSA) is 93.7 Å². The summed E-state index contributed by atoms with van der Waals surface area (Å²) >= 11 is 0. The molecule has 28 heavy (non-hydrogen) atoms. The fraction of sp³-hybridized carbons (Fsp3) is 0.286. The number of nitrogens with one attached hydrogen (secondary N) is 2. The quantitative estimate of drug-likeness (QED) is 0.682. The van der Waals surface area contributed by atoms with Crippen molar-refractivity contribution in [3.8, 4) is 5.75 Å². The summed E-state index contributed by atoms with van der Waals surface area (Å²) in [5.74, 6) is -0.720. The highest BCUT2D eigenvalue weighted by molar-refractivity contribution is 5.95. The molecule has 0 radical (unpaired) electrons. The largest absolute Gasteiger partial charge is 0.482 e. The van der Waals surface area contributed by atoms with Gasteiger partial charge in [-0.25, -0.2) is 4.79 Å². The van der Waals surface area contributed by atoms with Gasteiger partial charge in [0.25, 0.3) is 5.91 Å². The minimum atomic E-state index is -0.978. The van der Waals surface area contributed by atoms with Gasteiger partial charge >= 0.3 is 5.97 Å². The number of carbonyl (C=O) groups excluding carboxylic acids is 3. The molecule has 148 valence electrons. The predicted molar refractivity (Wildman–Crippen MR) is 106 cm³/mol. The summed E-state index contributed by atoms with van der Waals surface area (Å²) in [6.45, 7) is 4.66. The minimum absolute atomic E-state index is 0.180. The van der Waals surface area contributed by atoms with Crippen LogP contribution in [0.3, 0.4) is 0 Å². The fourth-order valence-corrected chi connectivity index (χ4v) is 2.33. The van der Waals surface area contributed by atoms with Gasteiger partial charge in [0.05, 0.1) is 0 Å². The summed E-state index contributed by atoms with van der Waals surface area (Å²) in [5.41, 5.74) is 2.31. The number of hydrogen-bond donors (Lipinski definition) is 2. The van der Waals surface area contributed by atoms with Crippen molar-refractivity contribution in [3.63, 3.8) is 0 Å². The van der Waals surface area contributed by atoms with Gasteiger partial charge in [0.15, 0.2) is 12.7 Å². The van der Waals surface area contributed by atoms with E-state index >= 15 is 0 Å². The molecule has 1 atom stereocenters. The van der Waals surface area contributed by atoms with Gasteiger partial charge in [-0.05, 0) is 55.3 Å². The standard InChI is InChI=1S/C21H24N2O5/c1-4-16-5-11-19(12-6-16)27-13-20(25)28-14(2)21(26)23-18-9-7-17(8-10-18)22-15(3)24/h5-12,14H,4,13H2,1-3H3,(H,22,24)(H,23,26). The normalized spacial score (nSPS) is 11.2. The first-order valence-electron chi connectivity index (χ1n) is 8.97. The fourth-order valence-electron chi connectivity index (χ4n) is 2.33. The molecule has 0 aromatic heterocycles. The van der Waals surface area contributed by atoms with Crippen LogP contribution in [0.2, 0.25) is 0 Å². The second-order valence-corrected chi connectivity index (χ2v) is 6.17. The van der Waals surface area contributed by atoms with Crippen LogP contribution in [-0.2, 0) is 25.5 Å². The van der Waals surface area contributed by atoms with Gasteiger partial charge in [0.2, 0.25) is 5.91 Å². The molecule has 0 aliphatic heterocycles. The zero-order valence-corrected chi connectivity index (χ0v) is 16.2. The van der Waals surface area contributed by atoms with E-state index < -0.39 is 18.0 Å². The molecule has 2 aromatic rings. The van der Waals surface area contributed by atoms with Crippen molar-refractivity contribution in [1.29, 1.82) is 0 Å². The lowest BCUT2D eigenvalue weighted by molar-refractivity contribution is -0.155. The van der Waals surface area contributed by atoms with Gasteiger partial charge in [0, 0.05) is 18.3 Å². The number of aryl methyl sites for hydroxylation is 1. The molecule has 2 N–H and O–H groups in total.